The van der Waals surface area contributed by atoms with Crippen LogP contribution in [0.25, 0.3) is 11.1 Å². The molecule has 0 saturated heterocycles. The van der Waals surface area contributed by atoms with Crippen molar-refractivity contribution in [3.63, 3.8) is 0 Å². The molecule has 0 amide bonds. The van der Waals surface area contributed by atoms with Crippen molar-refractivity contribution in [1.82, 2.24) is 0 Å². The van der Waals surface area contributed by atoms with E-state index in [-0.39, 0.29) is 51.0 Å². The molecule has 0 spiro atoms. The molecule has 4 heteroatoms. The van der Waals surface area contributed by atoms with Gasteiger partial charge in [0.25, 0.3) is 0 Å². The standard InChI is InChI=1S/C13H9.C8H11O.2ClH.Zr/c1-3-7-12-10(5-1)9-11-6-2-4-8-13(11)12;9-7-3-6-8-4-1-2-5-8;;;/h1-5,7-8H,9H2;1-2,4-5,9H,3,6-7H2;2*1H;/q2*-1;;;+4/p-2. The molecule has 25 heavy (non-hydrogen) atoms. The zero-order chi connectivity index (χ0) is 15.2. The van der Waals surface area contributed by atoms with Gasteiger partial charge in [-0.2, -0.15) is 47.5 Å². The van der Waals surface area contributed by atoms with E-state index in [0.29, 0.717) is 6.61 Å². The maximum atomic E-state index is 8.47. The molecule has 4 rings (SSSR count). The first-order valence-corrected chi connectivity index (χ1v) is 7.78. The van der Waals surface area contributed by atoms with Gasteiger partial charge in [0.05, 0.1) is 0 Å². The molecule has 0 heterocycles. The van der Waals surface area contributed by atoms with Crippen molar-refractivity contribution in [3.05, 3.63) is 89.5 Å². The van der Waals surface area contributed by atoms with Crippen molar-refractivity contribution in [2.45, 2.75) is 19.3 Å². The number of hydrogen-bond donors (Lipinski definition) is 1. The van der Waals surface area contributed by atoms with Crippen molar-refractivity contribution >= 4 is 0 Å². The number of fused-ring (bicyclic) bond motifs is 3. The second-order valence-electron chi connectivity index (χ2n) is 5.52. The normalized spacial score (nSPS) is 9.96. The number of benzene rings is 2. The van der Waals surface area contributed by atoms with Crippen LogP contribution >= 0.6 is 0 Å². The molecule has 0 radical (unpaired) electrons. The summed E-state index contributed by atoms with van der Waals surface area (Å²) in [5.41, 5.74) is 6.83. The smallest absolute Gasteiger partial charge is 1.00 e. The maximum Gasteiger partial charge on any atom is 4.00 e. The molecular weight excluding hydrogens is 430 g/mol. The number of aliphatic hydroxyl groups excluding tert-OH is 1. The van der Waals surface area contributed by atoms with Gasteiger partial charge in [-0.15, -0.1) is 5.56 Å². The Kier molecular flexibility index (Phi) is 12.2. The second-order valence-corrected chi connectivity index (χ2v) is 5.52. The van der Waals surface area contributed by atoms with Crippen molar-refractivity contribution in [1.29, 1.82) is 0 Å². The number of hydrogen-bond acceptors (Lipinski definition) is 1. The summed E-state index contributed by atoms with van der Waals surface area (Å²) in [5, 5.41) is 8.47. The number of rotatable bonds is 3. The topological polar surface area (TPSA) is 20.2 Å². The second kappa shape index (κ2) is 12.5. The van der Waals surface area contributed by atoms with Crippen LogP contribution in [0.4, 0.5) is 0 Å². The van der Waals surface area contributed by atoms with E-state index in [0.717, 1.165) is 19.3 Å². The quantitative estimate of drug-likeness (QED) is 0.373. The minimum absolute atomic E-state index is 0. The molecular formula is C21H20Cl2OZr. The fraction of sp³-hybridized carbons (Fsp3) is 0.190. The summed E-state index contributed by atoms with van der Waals surface area (Å²) in [7, 11) is 0. The minimum atomic E-state index is 0. The van der Waals surface area contributed by atoms with Crippen LogP contribution in [0.3, 0.4) is 0 Å². The van der Waals surface area contributed by atoms with Gasteiger partial charge in [0.2, 0.25) is 0 Å². The van der Waals surface area contributed by atoms with Crippen molar-refractivity contribution in [2.75, 3.05) is 6.61 Å². The van der Waals surface area contributed by atoms with Gasteiger partial charge in [-0.1, -0.05) is 41.8 Å². The fourth-order valence-electron chi connectivity index (χ4n) is 2.86. The molecule has 0 saturated carbocycles. The van der Waals surface area contributed by atoms with E-state index in [1.807, 2.05) is 18.2 Å². The zero-order valence-corrected chi connectivity index (χ0v) is 17.9. The molecule has 1 nitrogen and oxygen atoms in total. The Morgan fingerprint density at radius 1 is 0.920 bits per heavy atom. The molecule has 0 atom stereocenters. The molecule has 128 valence electrons. The van der Waals surface area contributed by atoms with Gasteiger partial charge in [-0.05, 0) is 12.8 Å². The molecule has 1 aliphatic carbocycles. The average molecular weight is 451 g/mol. The minimum Gasteiger partial charge on any atom is -1.00 e. The predicted octanol–water partition coefficient (Wildman–Crippen LogP) is -1.61. The van der Waals surface area contributed by atoms with Crippen molar-refractivity contribution < 1.29 is 56.1 Å². The number of aryl methyl sites for hydroxylation is 1. The predicted molar refractivity (Wildman–Crippen MR) is 91.0 cm³/mol. The van der Waals surface area contributed by atoms with Crippen molar-refractivity contribution in [2.24, 2.45) is 0 Å². The van der Waals surface area contributed by atoms with Crippen LogP contribution in [0.15, 0.2) is 66.7 Å². The maximum absolute atomic E-state index is 8.47. The largest absolute Gasteiger partial charge is 4.00 e. The van der Waals surface area contributed by atoms with E-state index >= 15 is 0 Å². The van der Waals surface area contributed by atoms with Gasteiger partial charge >= 0.3 is 26.2 Å². The van der Waals surface area contributed by atoms with Crippen LogP contribution < -0.4 is 24.8 Å². The van der Waals surface area contributed by atoms with E-state index in [9.17, 15) is 0 Å². The van der Waals surface area contributed by atoms with Crippen LogP contribution in [-0.4, -0.2) is 11.7 Å². The Balaban J connectivity index is 0.000000435. The molecule has 0 aliphatic heterocycles. The molecule has 1 aliphatic rings. The van der Waals surface area contributed by atoms with E-state index < -0.39 is 0 Å². The Morgan fingerprint density at radius 3 is 2.32 bits per heavy atom. The third-order valence-corrected chi connectivity index (χ3v) is 3.97. The Hall–Kier alpha value is -0.787. The van der Waals surface area contributed by atoms with Gasteiger partial charge in [0, 0.05) is 6.61 Å². The molecule has 0 fully saturated rings. The molecule has 3 aromatic rings. The van der Waals surface area contributed by atoms with Crippen LogP contribution in [0.1, 0.15) is 23.1 Å². The third-order valence-electron chi connectivity index (χ3n) is 3.97. The molecule has 0 unspecified atom stereocenters. The first-order valence-electron chi connectivity index (χ1n) is 7.78. The first-order chi connectivity index (χ1) is 10.9. The first kappa shape index (κ1) is 24.2. The summed E-state index contributed by atoms with van der Waals surface area (Å²) in [6.07, 6.45) is 2.93. The van der Waals surface area contributed by atoms with Crippen LogP contribution in [0, 0.1) is 6.07 Å². The molecule has 3 aromatic carbocycles. The van der Waals surface area contributed by atoms with Gasteiger partial charge in [-0.25, -0.2) is 12.1 Å². The monoisotopic (exact) mass is 448 g/mol. The van der Waals surface area contributed by atoms with Crippen LogP contribution in [0.2, 0.25) is 0 Å². The molecule has 0 aromatic heterocycles. The number of aliphatic hydroxyl groups is 1. The van der Waals surface area contributed by atoms with Gasteiger partial charge in [0.1, 0.15) is 0 Å². The average Bonchev–Trinajstić information content (AvgIpc) is 3.21. The zero-order valence-electron chi connectivity index (χ0n) is 13.9. The fourth-order valence-corrected chi connectivity index (χ4v) is 2.86. The van der Waals surface area contributed by atoms with Crippen LogP contribution in [0.5, 0.6) is 0 Å². The Morgan fingerprint density at radius 2 is 1.60 bits per heavy atom. The van der Waals surface area contributed by atoms with Crippen molar-refractivity contribution in [3.8, 4) is 11.1 Å². The Labute approximate surface area is 181 Å². The molecule has 1 N–H and O–H groups in total. The SMILES string of the molecule is OCCC[c-]1cccc1.[Cl-].[Cl-].[Zr+4].[c-]1cccc2c1Cc1ccccc1-2. The third kappa shape index (κ3) is 6.46. The van der Waals surface area contributed by atoms with Gasteiger partial charge in [-0.3, -0.25) is 0 Å². The van der Waals surface area contributed by atoms with E-state index in [1.165, 1.54) is 27.8 Å². The number of halogens is 2. The van der Waals surface area contributed by atoms with E-state index in [2.05, 4.69) is 54.6 Å². The summed E-state index contributed by atoms with van der Waals surface area (Å²) in [6.45, 7) is 0.297. The summed E-state index contributed by atoms with van der Waals surface area (Å²) in [4.78, 5) is 0. The van der Waals surface area contributed by atoms with Gasteiger partial charge < -0.3 is 29.9 Å². The van der Waals surface area contributed by atoms with Crippen LogP contribution in [-0.2, 0) is 39.0 Å². The summed E-state index contributed by atoms with van der Waals surface area (Å²) in [6, 6.07) is 26.3. The van der Waals surface area contributed by atoms with E-state index in [1.54, 1.807) is 0 Å². The van der Waals surface area contributed by atoms with E-state index in [4.69, 9.17) is 5.11 Å². The summed E-state index contributed by atoms with van der Waals surface area (Å²) in [5.74, 6) is 0. The summed E-state index contributed by atoms with van der Waals surface area (Å²) >= 11 is 0. The van der Waals surface area contributed by atoms with Gasteiger partial charge in [0.15, 0.2) is 0 Å². The Bertz CT molecular complexity index is 683. The molecule has 0 bridgehead atoms. The summed E-state index contributed by atoms with van der Waals surface area (Å²) < 4.78 is 0.